The Labute approximate surface area is 117 Å². The number of hydrogen-bond donors (Lipinski definition) is 0. The van der Waals surface area contributed by atoms with Gasteiger partial charge in [-0.1, -0.05) is 24.3 Å². The Kier molecular flexibility index (Phi) is 2.31. The normalized spacial score (nSPS) is 12.5. The first-order valence-corrected chi connectivity index (χ1v) is 6.41. The van der Waals surface area contributed by atoms with E-state index in [9.17, 15) is 13.2 Å². The predicted octanol–water partition coefficient (Wildman–Crippen LogP) is 4.66. The minimum absolute atomic E-state index is 0.463. The van der Waals surface area contributed by atoms with E-state index < -0.39 is 11.7 Å². The third-order valence-corrected chi connectivity index (χ3v) is 3.62. The maximum atomic E-state index is 12.8. The van der Waals surface area contributed by atoms with Gasteiger partial charge in [0.25, 0.3) is 0 Å². The number of aromatic nitrogens is 2. The van der Waals surface area contributed by atoms with Crippen LogP contribution in [0.1, 0.15) is 5.56 Å². The van der Waals surface area contributed by atoms with E-state index in [-0.39, 0.29) is 0 Å². The third kappa shape index (κ3) is 1.77. The molecule has 0 aliphatic rings. The molecule has 5 heteroatoms. The molecule has 0 saturated heterocycles. The number of benzene rings is 2. The topological polar surface area (TPSA) is 17.3 Å². The molecule has 0 radical (unpaired) electrons. The molecule has 0 fully saturated rings. The Bertz CT molecular complexity index is 983. The molecule has 21 heavy (non-hydrogen) atoms. The highest BCUT2D eigenvalue weighted by molar-refractivity contribution is 5.98. The minimum Gasteiger partial charge on any atom is -0.299 e. The van der Waals surface area contributed by atoms with Crippen molar-refractivity contribution in [3.63, 3.8) is 0 Å². The Hall–Kier alpha value is -2.56. The summed E-state index contributed by atoms with van der Waals surface area (Å²) in [7, 11) is 0. The van der Waals surface area contributed by atoms with Crippen LogP contribution in [0, 0.1) is 0 Å². The predicted molar refractivity (Wildman–Crippen MR) is 75.2 cm³/mol. The van der Waals surface area contributed by atoms with Crippen molar-refractivity contribution in [1.29, 1.82) is 0 Å². The Morgan fingerprint density at radius 3 is 2.57 bits per heavy atom. The monoisotopic (exact) mass is 286 g/mol. The highest BCUT2D eigenvalue weighted by Crippen LogP contribution is 2.32. The van der Waals surface area contributed by atoms with Crippen LogP contribution >= 0.6 is 0 Å². The Morgan fingerprint density at radius 2 is 1.76 bits per heavy atom. The van der Waals surface area contributed by atoms with E-state index in [2.05, 4.69) is 4.98 Å². The van der Waals surface area contributed by atoms with Crippen molar-refractivity contribution < 1.29 is 13.2 Å². The lowest BCUT2D eigenvalue weighted by atomic mass is 10.2. The first kappa shape index (κ1) is 12.2. The van der Waals surface area contributed by atoms with Gasteiger partial charge in [0, 0.05) is 11.6 Å². The molecule has 4 aromatic rings. The third-order valence-electron chi connectivity index (χ3n) is 3.62. The molecule has 2 aromatic heterocycles. The van der Waals surface area contributed by atoms with Crippen molar-refractivity contribution in [2.75, 3.05) is 0 Å². The fraction of sp³-hybridized carbons (Fsp3) is 0.0625. The standard InChI is InChI=1S/C16H9F3N2/c17-16(18,19)11-5-6-13-14(9-11)21-8-7-10-3-1-2-4-12(10)15(21)20-13/h1-9H. The summed E-state index contributed by atoms with van der Waals surface area (Å²) in [5.41, 5.74) is 1.03. The van der Waals surface area contributed by atoms with Crippen LogP contribution in [0.4, 0.5) is 13.2 Å². The zero-order valence-electron chi connectivity index (χ0n) is 10.7. The van der Waals surface area contributed by atoms with Gasteiger partial charge in [-0.3, -0.25) is 4.40 Å². The molecule has 0 aliphatic heterocycles. The molecule has 0 bridgehead atoms. The second kappa shape index (κ2) is 3.97. The molecule has 0 aliphatic carbocycles. The van der Waals surface area contributed by atoms with Gasteiger partial charge >= 0.3 is 6.18 Å². The summed E-state index contributed by atoms with van der Waals surface area (Å²) in [6.45, 7) is 0. The summed E-state index contributed by atoms with van der Waals surface area (Å²) in [4.78, 5) is 4.46. The van der Waals surface area contributed by atoms with Gasteiger partial charge in [-0.25, -0.2) is 4.98 Å². The highest BCUT2D eigenvalue weighted by atomic mass is 19.4. The van der Waals surface area contributed by atoms with Gasteiger partial charge in [0.2, 0.25) is 0 Å². The second-order valence-corrected chi connectivity index (χ2v) is 4.91. The fourth-order valence-electron chi connectivity index (χ4n) is 2.61. The lowest BCUT2D eigenvalue weighted by molar-refractivity contribution is -0.137. The molecule has 4 rings (SSSR count). The lowest BCUT2D eigenvalue weighted by Gasteiger charge is -2.06. The molecular formula is C16H9F3N2. The number of fused-ring (bicyclic) bond motifs is 5. The number of hydrogen-bond acceptors (Lipinski definition) is 1. The van der Waals surface area contributed by atoms with E-state index in [0.29, 0.717) is 16.7 Å². The van der Waals surface area contributed by atoms with Gasteiger partial charge in [-0.2, -0.15) is 13.2 Å². The van der Waals surface area contributed by atoms with Crippen LogP contribution in [0.25, 0.3) is 27.5 Å². The average Bonchev–Trinajstić information content (AvgIpc) is 2.84. The SMILES string of the molecule is FC(F)(F)c1ccc2nc3c4ccccc4ccn3c2c1. The van der Waals surface area contributed by atoms with Crippen molar-refractivity contribution in [2.24, 2.45) is 0 Å². The molecular weight excluding hydrogens is 277 g/mol. The number of imidazole rings is 1. The zero-order chi connectivity index (χ0) is 14.6. The van der Waals surface area contributed by atoms with Crippen molar-refractivity contribution in [2.45, 2.75) is 6.18 Å². The van der Waals surface area contributed by atoms with Crippen LogP contribution in [0.15, 0.2) is 54.7 Å². The molecule has 104 valence electrons. The van der Waals surface area contributed by atoms with Crippen LogP contribution in [-0.4, -0.2) is 9.38 Å². The van der Waals surface area contributed by atoms with E-state index in [4.69, 9.17) is 0 Å². The van der Waals surface area contributed by atoms with Gasteiger partial charge < -0.3 is 0 Å². The zero-order valence-corrected chi connectivity index (χ0v) is 10.7. The Morgan fingerprint density at radius 1 is 0.952 bits per heavy atom. The molecule has 2 aromatic carbocycles. The lowest BCUT2D eigenvalue weighted by Crippen LogP contribution is -2.04. The van der Waals surface area contributed by atoms with Crippen LogP contribution in [0.5, 0.6) is 0 Å². The van der Waals surface area contributed by atoms with Gasteiger partial charge in [0.15, 0.2) is 0 Å². The summed E-state index contributed by atoms with van der Waals surface area (Å²) in [6.07, 6.45) is -2.59. The number of nitrogens with zero attached hydrogens (tertiary/aromatic N) is 2. The smallest absolute Gasteiger partial charge is 0.299 e. The Balaban J connectivity index is 2.14. The first-order chi connectivity index (χ1) is 10.0. The quantitative estimate of drug-likeness (QED) is 0.459. The second-order valence-electron chi connectivity index (χ2n) is 4.91. The van der Waals surface area contributed by atoms with Crippen molar-refractivity contribution in [3.05, 3.63) is 60.3 Å². The molecule has 0 spiro atoms. The van der Waals surface area contributed by atoms with Crippen LogP contribution in [0.3, 0.4) is 0 Å². The van der Waals surface area contributed by atoms with Crippen LogP contribution in [0.2, 0.25) is 0 Å². The molecule has 2 nitrogen and oxygen atoms in total. The first-order valence-electron chi connectivity index (χ1n) is 6.41. The van der Waals surface area contributed by atoms with Gasteiger partial charge in [0.05, 0.1) is 16.6 Å². The molecule has 0 unspecified atom stereocenters. The maximum Gasteiger partial charge on any atom is 0.416 e. The molecule has 0 atom stereocenters. The highest BCUT2D eigenvalue weighted by Gasteiger charge is 2.30. The van der Waals surface area contributed by atoms with Crippen molar-refractivity contribution >= 4 is 27.5 Å². The number of pyridine rings is 1. The van der Waals surface area contributed by atoms with Crippen LogP contribution in [-0.2, 0) is 6.18 Å². The summed E-state index contributed by atoms with van der Waals surface area (Å²) in [5, 5.41) is 1.93. The number of alkyl halides is 3. The van der Waals surface area contributed by atoms with Gasteiger partial charge in [-0.05, 0) is 29.7 Å². The van der Waals surface area contributed by atoms with Gasteiger partial charge in [0.1, 0.15) is 5.65 Å². The van der Waals surface area contributed by atoms with Gasteiger partial charge in [-0.15, -0.1) is 0 Å². The van der Waals surface area contributed by atoms with Crippen LogP contribution < -0.4 is 0 Å². The maximum absolute atomic E-state index is 12.8. The summed E-state index contributed by atoms with van der Waals surface area (Å²) >= 11 is 0. The molecule has 0 saturated carbocycles. The van der Waals surface area contributed by atoms with E-state index in [0.717, 1.165) is 22.9 Å². The van der Waals surface area contributed by atoms with Crippen molar-refractivity contribution in [1.82, 2.24) is 9.38 Å². The largest absolute Gasteiger partial charge is 0.416 e. The molecule has 2 heterocycles. The van der Waals surface area contributed by atoms with E-state index in [1.807, 2.05) is 30.3 Å². The fourth-order valence-corrected chi connectivity index (χ4v) is 2.61. The van der Waals surface area contributed by atoms with E-state index in [1.54, 1.807) is 10.6 Å². The summed E-state index contributed by atoms with van der Waals surface area (Å²) < 4.78 is 40.2. The molecule has 0 N–H and O–H groups in total. The van der Waals surface area contributed by atoms with E-state index >= 15 is 0 Å². The average molecular weight is 286 g/mol. The molecule has 0 amide bonds. The number of halogens is 3. The van der Waals surface area contributed by atoms with Crippen molar-refractivity contribution in [3.8, 4) is 0 Å². The minimum atomic E-state index is -4.35. The summed E-state index contributed by atoms with van der Waals surface area (Å²) in [6, 6.07) is 13.2. The van der Waals surface area contributed by atoms with E-state index in [1.165, 1.54) is 6.07 Å². The number of rotatable bonds is 0. The summed E-state index contributed by atoms with van der Waals surface area (Å²) in [5.74, 6) is 0.